The third-order valence-electron chi connectivity index (χ3n) is 3.54. The van der Waals surface area contributed by atoms with E-state index in [0.717, 1.165) is 31.4 Å². The smallest absolute Gasteiger partial charge is 0.136 e. The molecule has 0 aliphatic heterocycles. The molecule has 1 nitrogen and oxygen atoms in total. The lowest BCUT2D eigenvalue weighted by Gasteiger charge is -2.23. The maximum atomic E-state index is 14.7. The predicted molar refractivity (Wildman–Crippen MR) is 65.3 cm³/mol. The van der Waals surface area contributed by atoms with Crippen molar-refractivity contribution >= 4 is 0 Å². The molecule has 0 atom stereocenters. The summed E-state index contributed by atoms with van der Waals surface area (Å²) in [6.07, 6.45) is 4.36. The first kappa shape index (κ1) is 11.6. The van der Waals surface area contributed by atoms with Gasteiger partial charge in [-0.2, -0.15) is 0 Å². The highest BCUT2D eigenvalue weighted by Gasteiger charge is 2.36. The summed E-state index contributed by atoms with van der Waals surface area (Å²) >= 11 is 0. The summed E-state index contributed by atoms with van der Waals surface area (Å²) in [6.45, 7) is 0.910. The van der Waals surface area contributed by atoms with Gasteiger partial charge in [-0.15, -0.1) is 0 Å². The van der Waals surface area contributed by atoms with E-state index in [-0.39, 0.29) is 0 Å². The van der Waals surface area contributed by atoms with Crippen LogP contribution in [0, 0.1) is 0 Å². The van der Waals surface area contributed by atoms with Gasteiger partial charge < -0.3 is 5.32 Å². The topological polar surface area (TPSA) is 12.0 Å². The number of nitrogens with one attached hydrogen (secondary N) is 1. The number of rotatable bonds is 4. The third kappa shape index (κ3) is 2.27. The molecule has 0 saturated heterocycles. The van der Waals surface area contributed by atoms with Crippen LogP contribution in [0.15, 0.2) is 24.3 Å². The molecule has 0 spiro atoms. The maximum Gasteiger partial charge on any atom is 0.136 e. The van der Waals surface area contributed by atoms with Gasteiger partial charge in [-0.05, 0) is 56.8 Å². The minimum Gasteiger partial charge on any atom is -0.319 e. The number of benzene rings is 1. The van der Waals surface area contributed by atoms with Crippen LogP contribution in [-0.4, -0.2) is 13.6 Å². The maximum absolute atomic E-state index is 14.7. The van der Waals surface area contributed by atoms with E-state index >= 15 is 0 Å². The summed E-state index contributed by atoms with van der Waals surface area (Å²) in [5.41, 5.74) is 1.05. The van der Waals surface area contributed by atoms with Crippen molar-refractivity contribution in [3.05, 3.63) is 35.4 Å². The lowest BCUT2D eigenvalue weighted by atomic mass is 9.89. The van der Waals surface area contributed by atoms with Crippen LogP contribution in [0.2, 0.25) is 0 Å². The molecule has 88 valence electrons. The van der Waals surface area contributed by atoms with Gasteiger partial charge in [-0.25, -0.2) is 4.39 Å². The Morgan fingerprint density at radius 3 is 2.62 bits per heavy atom. The molecule has 1 aromatic rings. The lowest BCUT2D eigenvalue weighted by molar-refractivity contribution is 0.173. The van der Waals surface area contributed by atoms with E-state index in [9.17, 15) is 4.39 Å². The van der Waals surface area contributed by atoms with E-state index in [1.165, 1.54) is 5.56 Å². The fourth-order valence-electron chi connectivity index (χ4n) is 2.64. The Balaban J connectivity index is 2.24. The van der Waals surface area contributed by atoms with Gasteiger partial charge in [0.2, 0.25) is 0 Å². The first-order valence-electron chi connectivity index (χ1n) is 6.18. The fraction of sp³-hybridized carbons (Fsp3) is 0.571. The summed E-state index contributed by atoms with van der Waals surface area (Å²) in [5, 5.41) is 3.12. The van der Waals surface area contributed by atoms with E-state index in [2.05, 4.69) is 11.4 Å². The summed E-state index contributed by atoms with van der Waals surface area (Å²) < 4.78 is 14.7. The Hall–Kier alpha value is -0.890. The number of halogens is 1. The molecule has 1 aromatic carbocycles. The Bertz CT molecular complexity index is 342. The second-order valence-electron chi connectivity index (χ2n) is 4.68. The summed E-state index contributed by atoms with van der Waals surface area (Å²) in [7, 11) is 1.93. The van der Waals surface area contributed by atoms with E-state index in [0.29, 0.717) is 12.8 Å². The molecule has 0 amide bonds. The van der Waals surface area contributed by atoms with Crippen molar-refractivity contribution in [1.82, 2.24) is 5.32 Å². The molecular weight excluding hydrogens is 201 g/mol. The van der Waals surface area contributed by atoms with Gasteiger partial charge in [-0.3, -0.25) is 0 Å². The molecule has 2 rings (SSSR count). The number of hydrogen-bond acceptors (Lipinski definition) is 1. The van der Waals surface area contributed by atoms with E-state index in [4.69, 9.17) is 0 Å². The van der Waals surface area contributed by atoms with Crippen LogP contribution >= 0.6 is 0 Å². The third-order valence-corrected chi connectivity index (χ3v) is 3.54. The average Bonchev–Trinajstić information content (AvgIpc) is 2.75. The molecule has 0 radical (unpaired) electrons. The molecule has 0 unspecified atom stereocenters. The largest absolute Gasteiger partial charge is 0.319 e. The molecule has 0 bridgehead atoms. The molecule has 0 heterocycles. The first-order chi connectivity index (χ1) is 7.76. The number of likely N-dealkylation sites (N-methyl/N-ethyl adjacent to an activating group) is 1. The summed E-state index contributed by atoms with van der Waals surface area (Å²) in [5.74, 6) is 0. The monoisotopic (exact) mass is 221 g/mol. The van der Waals surface area contributed by atoms with E-state index in [1.54, 1.807) is 0 Å². The van der Waals surface area contributed by atoms with Crippen molar-refractivity contribution in [2.24, 2.45) is 0 Å². The van der Waals surface area contributed by atoms with Crippen LogP contribution in [0.5, 0.6) is 0 Å². The normalized spacial score (nSPS) is 18.9. The standard InChI is InChI=1S/C14H20FN/c1-16-11-8-12-6-2-3-7-13(12)14(15)9-4-5-10-14/h2-3,6-7,16H,4-5,8-11H2,1H3. The second-order valence-corrected chi connectivity index (χ2v) is 4.68. The molecule has 1 N–H and O–H groups in total. The second kappa shape index (κ2) is 4.96. The van der Waals surface area contributed by atoms with Crippen molar-refractivity contribution in [2.75, 3.05) is 13.6 Å². The zero-order valence-corrected chi connectivity index (χ0v) is 9.93. The minimum atomic E-state index is -1.05. The van der Waals surface area contributed by atoms with Crippen LogP contribution in [0.3, 0.4) is 0 Å². The Morgan fingerprint density at radius 2 is 1.94 bits per heavy atom. The van der Waals surface area contributed by atoms with E-state index in [1.807, 2.05) is 25.2 Å². The Morgan fingerprint density at radius 1 is 1.25 bits per heavy atom. The Kier molecular flexibility index (Phi) is 3.59. The molecule has 16 heavy (non-hydrogen) atoms. The number of hydrogen-bond donors (Lipinski definition) is 1. The zero-order chi connectivity index (χ0) is 11.4. The van der Waals surface area contributed by atoms with Crippen molar-refractivity contribution in [2.45, 2.75) is 37.8 Å². The van der Waals surface area contributed by atoms with Crippen LogP contribution < -0.4 is 5.32 Å². The molecule has 1 aliphatic carbocycles. The van der Waals surface area contributed by atoms with Gasteiger partial charge >= 0.3 is 0 Å². The lowest BCUT2D eigenvalue weighted by Crippen LogP contribution is -2.19. The van der Waals surface area contributed by atoms with Gasteiger partial charge in [0.15, 0.2) is 0 Å². The van der Waals surface area contributed by atoms with Gasteiger partial charge in [0, 0.05) is 0 Å². The van der Waals surface area contributed by atoms with Crippen LogP contribution in [0.25, 0.3) is 0 Å². The van der Waals surface area contributed by atoms with Gasteiger partial charge in [0.05, 0.1) is 0 Å². The molecule has 1 aliphatic rings. The molecule has 2 heteroatoms. The highest BCUT2D eigenvalue weighted by atomic mass is 19.1. The fourth-order valence-corrected chi connectivity index (χ4v) is 2.64. The van der Waals surface area contributed by atoms with Crippen LogP contribution in [0.4, 0.5) is 4.39 Å². The summed E-state index contributed by atoms with van der Waals surface area (Å²) in [4.78, 5) is 0. The highest BCUT2D eigenvalue weighted by Crippen LogP contribution is 2.43. The number of alkyl halides is 1. The SMILES string of the molecule is CNCCc1ccccc1C1(F)CCCC1. The summed E-state index contributed by atoms with van der Waals surface area (Å²) in [6, 6.07) is 7.99. The first-order valence-corrected chi connectivity index (χ1v) is 6.18. The molecule has 0 aromatic heterocycles. The molecular formula is C14H20FN. The minimum absolute atomic E-state index is 0.698. The Labute approximate surface area is 97.1 Å². The van der Waals surface area contributed by atoms with Crippen LogP contribution in [0.1, 0.15) is 36.8 Å². The van der Waals surface area contributed by atoms with Crippen molar-refractivity contribution in [3.8, 4) is 0 Å². The van der Waals surface area contributed by atoms with Crippen molar-refractivity contribution < 1.29 is 4.39 Å². The molecule has 1 fully saturated rings. The van der Waals surface area contributed by atoms with Crippen molar-refractivity contribution in [1.29, 1.82) is 0 Å². The highest BCUT2D eigenvalue weighted by molar-refractivity contribution is 5.33. The van der Waals surface area contributed by atoms with E-state index < -0.39 is 5.67 Å². The average molecular weight is 221 g/mol. The predicted octanol–water partition coefficient (Wildman–Crippen LogP) is 3.19. The van der Waals surface area contributed by atoms with Gasteiger partial charge in [0.1, 0.15) is 5.67 Å². The molecule has 1 saturated carbocycles. The van der Waals surface area contributed by atoms with Crippen LogP contribution in [-0.2, 0) is 12.1 Å². The quantitative estimate of drug-likeness (QED) is 0.823. The van der Waals surface area contributed by atoms with Crippen molar-refractivity contribution in [3.63, 3.8) is 0 Å². The van der Waals surface area contributed by atoms with Gasteiger partial charge in [0.25, 0.3) is 0 Å². The zero-order valence-electron chi connectivity index (χ0n) is 9.93. The van der Waals surface area contributed by atoms with Gasteiger partial charge in [-0.1, -0.05) is 24.3 Å².